The first-order chi connectivity index (χ1) is 10.5. The molecule has 0 atom stereocenters. The summed E-state index contributed by atoms with van der Waals surface area (Å²) in [6.07, 6.45) is 2.46. The Morgan fingerprint density at radius 3 is 2.82 bits per heavy atom. The third-order valence-corrected chi connectivity index (χ3v) is 4.02. The lowest BCUT2D eigenvalue weighted by atomic mass is 10.2. The highest BCUT2D eigenvalue weighted by Gasteiger charge is 2.06. The van der Waals surface area contributed by atoms with Crippen LogP contribution in [-0.4, -0.2) is 41.1 Å². The van der Waals surface area contributed by atoms with Gasteiger partial charge in [-0.3, -0.25) is 9.36 Å². The van der Waals surface area contributed by atoms with Gasteiger partial charge in [0.05, 0.1) is 10.9 Å². The lowest BCUT2D eigenvalue weighted by molar-refractivity contribution is 0.340. The molecule has 5 heteroatoms. The molecule has 1 heterocycles. The maximum Gasteiger partial charge on any atom is 0.261 e. The fourth-order valence-electron chi connectivity index (χ4n) is 2.42. The van der Waals surface area contributed by atoms with Crippen molar-refractivity contribution in [3.05, 3.63) is 34.4 Å². The van der Waals surface area contributed by atoms with E-state index < -0.39 is 0 Å². The summed E-state index contributed by atoms with van der Waals surface area (Å²) in [5.74, 6) is 0.731. The van der Waals surface area contributed by atoms with Crippen LogP contribution in [0.15, 0.2) is 23.0 Å². The smallest absolute Gasteiger partial charge is 0.261 e. The van der Waals surface area contributed by atoms with Crippen LogP contribution < -0.4 is 10.9 Å². The average Bonchev–Trinajstić information content (AvgIpc) is 2.50. The second-order valence-electron chi connectivity index (χ2n) is 5.84. The van der Waals surface area contributed by atoms with Gasteiger partial charge in [0.15, 0.2) is 0 Å². The van der Waals surface area contributed by atoms with Gasteiger partial charge in [0.25, 0.3) is 5.56 Å². The van der Waals surface area contributed by atoms with Gasteiger partial charge in [0, 0.05) is 25.8 Å². The van der Waals surface area contributed by atoms with Crippen LogP contribution in [0.1, 0.15) is 25.6 Å². The SMILES string of the molecule is CCCCN(C)CCNc1ccc2c(=O)n(C)c(C)nc2c1. The van der Waals surface area contributed by atoms with Gasteiger partial charge in [-0.2, -0.15) is 0 Å². The maximum atomic E-state index is 12.2. The van der Waals surface area contributed by atoms with E-state index >= 15 is 0 Å². The van der Waals surface area contributed by atoms with Crippen LogP contribution in [0.2, 0.25) is 0 Å². The van der Waals surface area contributed by atoms with Crippen molar-refractivity contribution in [1.82, 2.24) is 14.5 Å². The van der Waals surface area contributed by atoms with E-state index in [9.17, 15) is 4.79 Å². The first-order valence-electron chi connectivity index (χ1n) is 7.92. The number of nitrogens with one attached hydrogen (secondary N) is 1. The Morgan fingerprint density at radius 2 is 2.09 bits per heavy atom. The average molecular weight is 302 g/mol. The molecule has 0 saturated carbocycles. The second-order valence-corrected chi connectivity index (χ2v) is 5.84. The molecular weight excluding hydrogens is 276 g/mol. The van der Waals surface area contributed by atoms with Crippen LogP contribution >= 0.6 is 0 Å². The van der Waals surface area contributed by atoms with Gasteiger partial charge < -0.3 is 10.2 Å². The topological polar surface area (TPSA) is 50.2 Å². The molecular formula is C17H26N4O. The summed E-state index contributed by atoms with van der Waals surface area (Å²) in [5, 5.41) is 4.07. The minimum absolute atomic E-state index is 0.00773. The number of hydrogen-bond donors (Lipinski definition) is 1. The Hall–Kier alpha value is -1.88. The molecule has 0 bridgehead atoms. The number of benzene rings is 1. The molecule has 0 aliphatic rings. The Kier molecular flexibility index (Phi) is 5.55. The molecule has 0 amide bonds. The largest absolute Gasteiger partial charge is 0.384 e. The molecule has 0 fully saturated rings. The van der Waals surface area contributed by atoms with Crippen molar-refractivity contribution in [3.63, 3.8) is 0 Å². The van der Waals surface area contributed by atoms with E-state index in [1.165, 1.54) is 12.8 Å². The van der Waals surface area contributed by atoms with Gasteiger partial charge in [-0.1, -0.05) is 13.3 Å². The molecule has 0 saturated heterocycles. The van der Waals surface area contributed by atoms with Crippen LogP contribution in [0, 0.1) is 6.92 Å². The zero-order chi connectivity index (χ0) is 16.1. The van der Waals surface area contributed by atoms with Crippen LogP contribution in [-0.2, 0) is 7.05 Å². The molecule has 5 nitrogen and oxygen atoms in total. The molecule has 0 aliphatic carbocycles. The van der Waals surface area contributed by atoms with Crippen molar-refractivity contribution in [2.75, 3.05) is 32.0 Å². The fourth-order valence-corrected chi connectivity index (χ4v) is 2.42. The third kappa shape index (κ3) is 3.85. The first-order valence-corrected chi connectivity index (χ1v) is 7.92. The van der Waals surface area contributed by atoms with E-state index in [0.29, 0.717) is 5.39 Å². The number of likely N-dealkylation sites (N-methyl/N-ethyl adjacent to an activating group) is 1. The van der Waals surface area contributed by atoms with Crippen LogP contribution in [0.5, 0.6) is 0 Å². The number of unbranched alkanes of at least 4 members (excludes halogenated alkanes) is 1. The van der Waals surface area contributed by atoms with E-state index in [1.807, 2.05) is 25.1 Å². The zero-order valence-electron chi connectivity index (χ0n) is 14.0. The van der Waals surface area contributed by atoms with Crippen LogP contribution in [0.3, 0.4) is 0 Å². The number of rotatable bonds is 7. The Labute approximate surface area is 132 Å². The number of anilines is 1. The predicted octanol–water partition coefficient (Wildman–Crippen LogP) is 2.39. The summed E-state index contributed by atoms with van der Waals surface area (Å²) in [6, 6.07) is 5.76. The normalized spacial score (nSPS) is 11.3. The monoisotopic (exact) mass is 302 g/mol. The van der Waals surface area contributed by atoms with Crippen molar-refractivity contribution in [3.8, 4) is 0 Å². The lowest BCUT2D eigenvalue weighted by Crippen LogP contribution is -2.26. The van der Waals surface area contributed by atoms with Crippen molar-refractivity contribution in [2.24, 2.45) is 7.05 Å². The summed E-state index contributed by atoms with van der Waals surface area (Å²) in [4.78, 5) is 19.0. The quantitative estimate of drug-likeness (QED) is 0.853. The minimum atomic E-state index is 0.00773. The van der Waals surface area contributed by atoms with Crippen molar-refractivity contribution in [2.45, 2.75) is 26.7 Å². The summed E-state index contributed by atoms with van der Waals surface area (Å²) >= 11 is 0. The van der Waals surface area contributed by atoms with E-state index in [4.69, 9.17) is 0 Å². The highest BCUT2D eigenvalue weighted by atomic mass is 16.1. The minimum Gasteiger partial charge on any atom is -0.384 e. The van der Waals surface area contributed by atoms with Gasteiger partial charge in [-0.15, -0.1) is 0 Å². The standard InChI is InChI=1S/C17H26N4O/c1-5-6-10-20(3)11-9-18-14-7-8-15-16(12-14)19-13(2)21(4)17(15)22/h7-8,12,18H,5-6,9-11H2,1-4H3. The molecule has 1 N–H and O–H groups in total. The molecule has 2 rings (SSSR count). The number of fused-ring (bicyclic) bond motifs is 1. The Balaban J connectivity index is 2.04. The molecule has 1 aromatic carbocycles. The molecule has 0 radical (unpaired) electrons. The van der Waals surface area contributed by atoms with Gasteiger partial charge in [-0.25, -0.2) is 4.98 Å². The lowest BCUT2D eigenvalue weighted by Gasteiger charge is -2.17. The van der Waals surface area contributed by atoms with Crippen molar-refractivity contribution >= 4 is 16.6 Å². The fraction of sp³-hybridized carbons (Fsp3) is 0.529. The Bertz CT molecular complexity index is 693. The molecule has 0 spiro atoms. The summed E-state index contributed by atoms with van der Waals surface area (Å²) in [6.45, 7) is 7.08. The zero-order valence-corrected chi connectivity index (χ0v) is 14.0. The maximum absolute atomic E-state index is 12.2. The second kappa shape index (κ2) is 7.40. The van der Waals surface area contributed by atoms with Gasteiger partial charge >= 0.3 is 0 Å². The number of aryl methyl sites for hydroxylation is 1. The first kappa shape index (κ1) is 16.5. The summed E-state index contributed by atoms with van der Waals surface area (Å²) < 4.78 is 1.58. The molecule has 22 heavy (non-hydrogen) atoms. The van der Waals surface area contributed by atoms with E-state index in [2.05, 4.69) is 29.2 Å². The van der Waals surface area contributed by atoms with E-state index in [1.54, 1.807) is 11.6 Å². The summed E-state index contributed by atoms with van der Waals surface area (Å²) in [5.41, 5.74) is 1.77. The molecule has 2 aromatic rings. The third-order valence-electron chi connectivity index (χ3n) is 4.02. The van der Waals surface area contributed by atoms with Crippen LogP contribution in [0.4, 0.5) is 5.69 Å². The van der Waals surface area contributed by atoms with E-state index in [-0.39, 0.29) is 5.56 Å². The van der Waals surface area contributed by atoms with Gasteiger partial charge in [0.1, 0.15) is 5.82 Å². The Morgan fingerprint density at radius 1 is 1.32 bits per heavy atom. The van der Waals surface area contributed by atoms with E-state index in [0.717, 1.165) is 36.7 Å². The highest BCUT2D eigenvalue weighted by molar-refractivity contribution is 5.81. The number of nitrogens with zero attached hydrogens (tertiary/aromatic N) is 3. The van der Waals surface area contributed by atoms with Gasteiger partial charge in [0.2, 0.25) is 0 Å². The van der Waals surface area contributed by atoms with Crippen molar-refractivity contribution in [1.29, 1.82) is 0 Å². The van der Waals surface area contributed by atoms with Crippen molar-refractivity contribution < 1.29 is 0 Å². The predicted molar refractivity (Wildman–Crippen MR) is 92.6 cm³/mol. The molecule has 0 aliphatic heterocycles. The number of aromatic nitrogens is 2. The highest BCUT2D eigenvalue weighted by Crippen LogP contribution is 2.15. The van der Waals surface area contributed by atoms with Crippen LogP contribution in [0.25, 0.3) is 10.9 Å². The summed E-state index contributed by atoms with van der Waals surface area (Å²) in [7, 11) is 3.90. The van der Waals surface area contributed by atoms with Gasteiger partial charge in [-0.05, 0) is 45.1 Å². The molecule has 120 valence electrons. The molecule has 1 aromatic heterocycles. The molecule has 0 unspecified atom stereocenters. The number of hydrogen-bond acceptors (Lipinski definition) is 4.